The molecule has 6 nitrogen and oxygen atoms in total. The van der Waals surface area contributed by atoms with Gasteiger partial charge in [0.1, 0.15) is 18.9 Å². The van der Waals surface area contributed by atoms with Crippen LogP contribution >= 0.6 is 39.3 Å². The topological polar surface area (TPSA) is 75.7 Å². The second-order valence-corrected chi connectivity index (χ2v) is 9.57. The van der Waals surface area contributed by atoms with E-state index in [9.17, 15) is 14.4 Å². The van der Waals surface area contributed by atoms with Gasteiger partial charge in [0.05, 0.1) is 10.6 Å². The summed E-state index contributed by atoms with van der Waals surface area (Å²) in [5, 5.41) is 2.86. The average molecular weight is 558 g/mol. The number of ether oxygens (including phenoxy) is 1. The molecule has 0 spiro atoms. The number of nitrogens with zero attached hydrogens (tertiary/aromatic N) is 1. The maximum Gasteiger partial charge on any atom is 0.294 e. The maximum absolute atomic E-state index is 12.8. The van der Waals surface area contributed by atoms with Gasteiger partial charge in [-0.15, -0.1) is 0 Å². The lowest BCUT2D eigenvalue weighted by molar-refractivity contribution is -0.127. The van der Waals surface area contributed by atoms with E-state index in [1.54, 1.807) is 48.5 Å². The SMILES string of the molecule is O=C(CN1C(=O)S/C(=C/c2cccc(OCc3ccc(Cl)cc3)c2)C1=O)Nc1ccccc1Br. The fourth-order valence-electron chi connectivity index (χ4n) is 3.13. The lowest BCUT2D eigenvalue weighted by atomic mass is 10.2. The number of carbonyl (C=O) groups is 3. The van der Waals surface area contributed by atoms with Crippen molar-refractivity contribution in [2.75, 3.05) is 11.9 Å². The molecule has 9 heteroatoms. The van der Waals surface area contributed by atoms with Crippen molar-refractivity contribution in [1.29, 1.82) is 0 Å². The Balaban J connectivity index is 1.40. The van der Waals surface area contributed by atoms with Crippen LogP contribution in [0.2, 0.25) is 5.02 Å². The van der Waals surface area contributed by atoms with E-state index < -0.39 is 17.1 Å². The van der Waals surface area contributed by atoms with Gasteiger partial charge in [0.15, 0.2) is 0 Å². The zero-order valence-corrected chi connectivity index (χ0v) is 20.8. The van der Waals surface area contributed by atoms with Gasteiger partial charge in [-0.05, 0) is 81.3 Å². The predicted molar refractivity (Wildman–Crippen MR) is 138 cm³/mol. The van der Waals surface area contributed by atoms with Crippen molar-refractivity contribution < 1.29 is 19.1 Å². The van der Waals surface area contributed by atoms with Gasteiger partial charge in [-0.25, -0.2) is 0 Å². The minimum Gasteiger partial charge on any atom is -0.489 e. The number of amides is 3. The lowest BCUT2D eigenvalue weighted by Gasteiger charge is -2.13. The summed E-state index contributed by atoms with van der Waals surface area (Å²) in [6.45, 7) is -0.00262. The van der Waals surface area contributed by atoms with Crippen molar-refractivity contribution in [1.82, 2.24) is 4.90 Å². The van der Waals surface area contributed by atoms with E-state index >= 15 is 0 Å². The van der Waals surface area contributed by atoms with Gasteiger partial charge < -0.3 is 10.1 Å². The molecule has 0 atom stereocenters. The normalized spacial score (nSPS) is 14.5. The summed E-state index contributed by atoms with van der Waals surface area (Å²) in [6, 6.07) is 21.7. The highest BCUT2D eigenvalue weighted by Crippen LogP contribution is 2.33. The molecule has 3 aromatic carbocycles. The molecule has 3 aromatic rings. The molecule has 0 aliphatic carbocycles. The first kappa shape index (κ1) is 24.1. The summed E-state index contributed by atoms with van der Waals surface area (Å²) in [4.78, 5) is 38.8. The molecular weight excluding hydrogens is 540 g/mol. The third-order valence-electron chi connectivity index (χ3n) is 4.80. The summed E-state index contributed by atoms with van der Waals surface area (Å²) in [5.74, 6) is -0.353. The molecule has 1 aliphatic rings. The first-order chi connectivity index (χ1) is 16.4. The Morgan fingerprint density at radius 1 is 1.06 bits per heavy atom. The zero-order chi connectivity index (χ0) is 24.1. The smallest absolute Gasteiger partial charge is 0.294 e. The van der Waals surface area contributed by atoms with Crippen molar-refractivity contribution in [2.24, 2.45) is 0 Å². The van der Waals surface area contributed by atoms with Crippen LogP contribution in [0.25, 0.3) is 6.08 Å². The summed E-state index contributed by atoms with van der Waals surface area (Å²) in [6.07, 6.45) is 1.62. The highest BCUT2D eigenvalue weighted by Gasteiger charge is 2.36. The maximum atomic E-state index is 12.8. The third kappa shape index (κ3) is 6.08. The first-order valence-corrected chi connectivity index (χ1v) is 12.1. The lowest BCUT2D eigenvalue weighted by Crippen LogP contribution is -2.36. The molecule has 0 radical (unpaired) electrons. The Morgan fingerprint density at radius 3 is 2.59 bits per heavy atom. The number of carbonyl (C=O) groups excluding carboxylic acids is 3. The number of anilines is 1. The highest BCUT2D eigenvalue weighted by atomic mass is 79.9. The van der Waals surface area contributed by atoms with E-state index in [1.165, 1.54) is 0 Å². The molecule has 1 saturated heterocycles. The van der Waals surface area contributed by atoms with Gasteiger partial charge in [-0.1, -0.05) is 48.0 Å². The third-order valence-corrected chi connectivity index (χ3v) is 6.65. The summed E-state index contributed by atoms with van der Waals surface area (Å²) < 4.78 is 6.53. The Bertz CT molecular complexity index is 1280. The van der Waals surface area contributed by atoms with E-state index in [2.05, 4.69) is 21.2 Å². The van der Waals surface area contributed by atoms with E-state index in [-0.39, 0.29) is 11.4 Å². The number of benzene rings is 3. The second-order valence-electron chi connectivity index (χ2n) is 7.28. The monoisotopic (exact) mass is 556 g/mol. The minimum absolute atomic E-state index is 0.244. The van der Waals surface area contributed by atoms with Gasteiger partial charge in [0, 0.05) is 9.50 Å². The van der Waals surface area contributed by atoms with Crippen molar-refractivity contribution in [3.05, 3.63) is 98.3 Å². The largest absolute Gasteiger partial charge is 0.489 e. The van der Waals surface area contributed by atoms with Gasteiger partial charge in [0.25, 0.3) is 11.1 Å². The molecule has 1 aliphatic heterocycles. The number of nitrogens with one attached hydrogen (secondary N) is 1. The summed E-state index contributed by atoms with van der Waals surface area (Å²) >= 11 is 10.1. The number of imide groups is 1. The Kier molecular flexibility index (Phi) is 7.72. The molecule has 0 bridgehead atoms. The van der Waals surface area contributed by atoms with Crippen LogP contribution in [0.3, 0.4) is 0 Å². The molecule has 1 N–H and O–H groups in total. The molecule has 3 amide bonds. The van der Waals surface area contributed by atoms with Crippen LogP contribution in [0.4, 0.5) is 10.5 Å². The highest BCUT2D eigenvalue weighted by molar-refractivity contribution is 9.10. The number of rotatable bonds is 7. The number of para-hydroxylation sites is 1. The number of halogens is 2. The first-order valence-electron chi connectivity index (χ1n) is 10.2. The van der Waals surface area contributed by atoms with E-state index in [1.807, 2.05) is 30.3 Å². The molecule has 1 heterocycles. The van der Waals surface area contributed by atoms with E-state index in [0.717, 1.165) is 22.2 Å². The van der Waals surface area contributed by atoms with Crippen molar-refractivity contribution >= 4 is 68.1 Å². The van der Waals surface area contributed by atoms with Crippen LogP contribution in [0.1, 0.15) is 11.1 Å². The van der Waals surface area contributed by atoms with E-state index in [0.29, 0.717) is 33.1 Å². The van der Waals surface area contributed by atoms with Gasteiger partial charge in [-0.2, -0.15) is 0 Å². The second kappa shape index (κ2) is 10.9. The summed E-state index contributed by atoms with van der Waals surface area (Å²) in [5.41, 5.74) is 2.24. The van der Waals surface area contributed by atoms with Crippen LogP contribution in [-0.2, 0) is 16.2 Å². The predicted octanol–water partition coefficient (Wildman–Crippen LogP) is 6.36. The van der Waals surface area contributed by atoms with Gasteiger partial charge in [0.2, 0.25) is 5.91 Å². The van der Waals surface area contributed by atoms with Gasteiger partial charge in [-0.3, -0.25) is 19.3 Å². The zero-order valence-electron chi connectivity index (χ0n) is 17.7. The standard InChI is InChI=1S/C25H18BrClN2O4S/c26-20-6-1-2-7-21(20)28-23(30)14-29-24(31)22(34-25(29)32)13-17-4-3-5-19(12-17)33-15-16-8-10-18(27)11-9-16/h1-13H,14-15H2,(H,28,30)/b22-13+. The number of thioether (sulfide) groups is 1. The van der Waals surface area contributed by atoms with Crippen LogP contribution in [0.15, 0.2) is 82.2 Å². The number of hydrogen-bond acceptors (Lipinski definition) is 5. The molecule has 172 valence electrons. The molecule has 4 rings (SSSR count). The fourth-order valence-corrected chi connectivity index (χ4v) is 4.47. The molecule has 0 unspecified atom stereocenters. The van der Waals surface area contributed by atoms with E-state index in [4.69, 9.17) is 16.3 Å². The van der Waals surface area contributed by atoms with Crippen molar-refractivity contribution in [3.8, 4) is 5.75 Å². The molecule has 1 fully saturated rings. The van der Waals surface area contributed by atoms with Crippen LogP contribution in [0.5, 0.6) is 5.75 Å². The van der Waals surface area contributed by atoms with Crippen LogP contribution in [-0.4, -0.2) is 28.5 Å². The molecule has 34 heavy (non-hydrogen) atoms. The average Bonchev–Trinajstić information content (AvgIpc) is 3.08. The molecular formula is C25H18BrClN2O4S. The van der Waals surface area contributed by atoms with Crippen molar-refractivity contribution in [3.63, 3.8) is 0 Å². The minimum atomic E-state index is -0.509. The Hall–Kier alpha value is -3.07. The summed E-state index contributed by atoms with van der Waals surface area (Å²) in [7, 11) is 0. The van der Waals surface area contributed by atoms with Crippen LogP contribution in [0, 0.1) is 0 Å². The van der Waals surface area contributed by atoms with Crippen molar-refractivity contribution in [2.45, 2.75) is 6.61 Å². The molecule has 0 saturated carbocycles. The van der Waals surface area contributed by atoms with Gasteiger partial charge >= 0.3 is 0 Å². The Labute approximate surface area is 214 Å². The number of hydrogen-bond donors (Lipinski definition) is 1. The quantitative estimate of drug-likeness (QED) is 0.342. The van der Waals surface area contributed by atoms with Crippen LogP contribution < -0.4 is 10.1 Å². The molecule has 0 aromatic heterocycles. The Morgan fingerprint density at radius 2 is 1.82 bits per heavy atom. The fraction of sp³-hybridized carbons (Fsp3) is 0.0800.